The summed E-state index contributed by atoms with van der Waals surface area (Å²) in [4.78, 5) is 0. The van der Waals surface area contributed by atoms with Crippen LogP contribution in [0.5, 0.6) is 0 Å². The molecule has 0 spiro atoms. The molecule has 0 saturated heterocycles. The number of rotatable bonds is 3. The summed E-state index contributed by atoms with van der Waals surface area (Å²) >= 11 is 0. The monoisotopic (exact) mass is 222 g/mol. The number of hydrogen-bond acceptors (Lipinski definition) is 3. The Labute approximate surface area is 95.1 Å². The number of aliphatic hydroxyl groups excluding tert-OH is 3. The predicted octanol–water partition coefficient (Wildman–Crippen LogP) is 1.90. The molecule has 0 aliphatic heterocycles. The Balaban J connectivity index is -0.000000144. The smallest absolute Gasteiger partial charge is 0.0453 e. The normalized spacial score (nSPS) is 9.60. The average molecular weight is 222 g/mol. The van der Waals surface area contributed by atoms with Crippen molar-refractivity contribution in [1.29, 1.82) is 0 Å². The molecule has 0 aromatic heterocycles. The van der Waals surface area contributed by atoms with Gasteiger partial charge in [0.2, 0.25) is 0 Å². The van der Waals surface area contributed by atoms with E-state index < -0.39 is 0 Å². The van der Waals surface area contributed by atoms with Crippen LogP contribution in [0.15, 0.2) is 0 Å². The molecule has 15 heavy (non-hydrogen) atoms. The van der Waals surface area contributed by atoms with E-state index in [0.29, 0.717) is 37.6 Å². The molecule has 3 heteroatoms. The summed E-state index contributed by atoms with van der Waals surface area (Å²) in [6.07, 6.45) is 0. The largest absolute Gasteiger partial charge is 0.396 e. The van der Waals surface area contributed by atoms with Gasteiger partial charge in [0.1, 0.15) is 0 Å². The van der Waals surface area contributed by atoms with Gasteiger partial charge >= 0.3 is 0 Å². The van der Waals surface area contributed by atoms with Gasteiger partial charge in [-0.3, -0.25) is 0 Å². The van der Waals surface area contributed by atoms with Gasteiger partial charge in [0.05, 0.1) is 0 Å². The van der Waals surface area contributed by atoms with Crippen molar-refractivity contribution in [3.05, 3.63) is 0 Å². The lowest BCUT2D eigenvalue weighted by atomic mass is 10.2. The maximum atomic E-state index is 8.14. The highest BCUT2D eigenvalue weighted by Crippen LogP contribution is 1.84. The summed E-state index contributed by atoms with van der Waals surface area (Å²) in [5.41, 5.74) is 0. The van der Waals surface area contributed by atoms with Crippen molar-refractivity contribution in [3.8, 4) is 0 Å². The van der Waals surface area contributed by atoms with E-state index in [0.717, 1.165) is 0 Å². The van der Waals surface area contributed by atoms with Crippen LogP contribution in [-0.4, -0.2) is 35.1 Å². The van der Waals surface area contributed by atoms with Gasteiger partial charge < -0.3 is 15.3 Å². The van der Waals surface area contributed by atoms with Crippen molar-refractivity contribution >= 4 is 0 Å². The van der Waals surface area contributed by atoms with Crippen molar-refractivity contribution in [2.24, 2.45) is 17.8 Å². The highest BCUT2D eigenvalue weighted by Gasteiger charge is 1.82. The van der Waals surface area contributed by atoms with E-state index in [4.69, 9.17) is 15.3 Å². The van der Waals surface area contributed by atoms with E-state index in [2.05, 4.69) is 0 Å². The fourth-order valence-electron chi connectivity index (χ4n) is 0. The third-order valence-electron chi connectivity index (χ3n) is 1.10. The standard InChI is InChI=1S/3C4H10O/c3*1-4(2)3-5/h3*4-5H,3H2,1-2H3. The molecule has 0 fully saturated rings. The van der Waals surface area contributed by atoms with E-state index >= 15 is 0 Å². The zero-order valence-electron chi connectivity index (χ0n) is 11.2. The van der Waals surface area contributed by atoms with Crippen LogP contribution in [0.4, 0.5) is 0 Å². The summed E-state index contributed by atoms with van der Waals surface area (Å²) in [5, 5.41) is 24.4. The first kappa shape index (κ1) is 20.3. The molecule has 0 rings (SSSR count). The van der Waals surface area contributed by atoms with Crippen LogP contribution >= 0.6 is 0 Å². The van der Waals surface area contributed by atoms with Gasteiger partial charge in [0.15, 0.2) is 0 Å². The molecule has 0 bridgehead atoms. The summed E-state index contributed by atoms with van der Waals surface area (Å²) < 4.78 is 0. The molecular formula is C12H30O3. The summed E-state index contributed by atoms with van der Waals surface area (Å²) in [6.45, 7) is 12.7. The molecule has 96 valence electrons. The Kier molecular flexibility index (Phi) is 22.1. The van der Waals surface area contributed by atoms with Crippen LogP contribution in [0, 0.1) is 17.8 Å². The zero-order valence-corrected chi connectivity index (χ0v) is 11.2. The Morgan fingerprint density at radius 1 is 0.533 bits per heavy atom. The van der Waals surface area contributed by atoms with Crippen molar-refractivity contribution in [2.45, 2.75) is 41.5 Å². The molecule has 0 aromatic rings. The maximum absolute atomic E-state index is 8.14. The SMILES string of the molecule is CC(C)CO.CC(C)CO.CC(C)CO. The van der Waals surface area contributed by atoms with E-state index in [9.17, 15) is 0 Å². The van der Waals surface area contributed by atoms with Gasteiger partial charge in [-0.05, 0) is 17.8 Å². The maximum Gasteiger partial charge on any atom is 0.0453 e. The quantitative estimate of drug-likeness (QED) is 0.683. The first-order valence-electron chi connectivity index (χ1n) is 5.64. The lowest BCUT2D eigenvalue weighted by Gasteiger charge is -1.90. The Bertz CT molecular complexity index is 71.8. The minimum absolute atomic E-state index is 0.306. The summed E-state index contributed by atoms with van der Waals surface area (Å²) in [5.74, 6) is 1.32. The van der Waals surface area contributed by atoms with E-state index in [1.807, 2.05) is 41.5 Å². The molecule has 0 aliphatic rings. The zero-order chi connectivity index (χ0) is 12.9. The predicted molar refractivity (Wildman–Crippen MR) is 65.8 cm³/mol. The van der Waals surface area contributed by atoms with Crippen molar-refractivity contribution in [1.82, 2.24) is 0 Å². The number of aliphatic hydroxyl groups is 3. The molecular weight excluding hydrogens is 192 g/mol. The van der Waals surface area contributed by atoms with Gasteiger partial charge in [-0.2, -0.15) is 0 Å². The fourth-order valence-corrected chi connectivity index (χ4v) is 0. The molecule has 0 heterocycles. The second-order valence-corrected chi connectivity index (χ2v) is 4.73. The van der Waals surface area contributed by atoms with Crippen LogP contribution in [-0.2, 0) is 0 Å². The highest BCUT2D eigenvalue weighted by atomic mass is 16.3. The van der Waals surface area contributed by atoms with Crippen LogP contribution in [0.3, 0.4) is 0 Å². The summed E-state index contributed by atoms with van der Waals surface area (Å²) in [6, 6.07) is 0. The molecule has 3 nitrogen and oxygen atoms in total. The summed E-state index contributed by atoms with van der Waals surface area (Å²) in [7, 11) is 0. The Morgan fingerprint density at radius 2 is 0.600 bits per heavy atom. The number of hydrogen-bond donors (Lipinski definition) is 3. The third-order valence-corrected chi connectivity index (χ3v) is 1.10. The van der Waals surface area contributed by atoms with Crippen LogP contribution < -0.4 is 0 Å². The highest BCUT2D eigenvalue weighted by molar-refractivity contribution is 4.33. The van der Waals surface area contributed by atoms with Crippen LogP contribution in [0.25, 0.3) is 0 Å². The molecule has 0 aliphatic carbocycles. The molecule has 0 atom stereocenters. The Morgan fingerprint density at radius 3 is 0.600 bits per heavy atom. The van der Waals surface area contributed by atoms with E-state index in [-0.39, 0.29) is 0 Å². The lowest BCUT2D eigenvalue weighted by Crippen LogP contribution is -1.90. The lowest BCUT2D eigenvalue weighted by molar-refractivity contribution is 0.248. The van der Waals surface area contributed by atoms with Crippen LogP contribution in [0.1, 0.15) is 41.5 Å². The van der Waals surface area contributed by atoms with Crippen LogP contribution in [0.2, 0.25) is 0 Å². The van der Waals surface area contributed by atoms with Crippen molar-refractivity contribution < 1.29 is 15.3 Å². The first-order chi connectivity index (χ1) is 6.81. The third kappa shape index (κ3) is 56.7. The van der Waals surface area contributed by atoms with Gasteiger partial charge in [0.25, 0.3) is 0 Å². The minimum atomic E-state index is 0.306. The average Bonchev–Trinajstić information content (AvgIpc) is 2.19. The van der Waals surface area contributed by atoms with Crippen molar-refractivity contribution in [2.75, 3.05) is 19.8 Å². The van der Waals surface area contributed by atoms with E-state index in [1.165, 1.54) is 0 Å². The Hall–Kier alpha value is -0.120. The van der Waals surface area contributed by atoms with Gasteiger partial charge in [0, 0.05) is 19.8 Å². The second-order valence-electron chi connectivity index (χ2n) is 4.73. The van der Waals surface area contributed by atoms with Gasteiger partial charge in [-0.15, -0.1) is 0 Å². The molecule has 0 amide bonds. The minimum Gasteiger partial charge on any atom is -0.396 e. The molecule has 0 aromatic carbocycles. The first-order valence-corrected chi connectivity index (χ1v) is 5.64. The van der Waals surface area contributed by atoms with Gasteiger partial charge in [-0.1, -0.05) is 41.5 Å². The molecule has 0 saturated carbocycles. The van der Waals surface area contributed by atoms with Gasteiger partial charge in [-0.25, -0.2) is 0 Å². The molecule has 3 N–H and O–H groups in total. The molecule has 0 unspecified atom stereocenters. The topological polar surface area (TPSA) is 60.7 Å². The second kappa shape index (κ2) is 16.3. The molecule has 0 radical (unpaired) electrons. The fraction of sp³-hybridized carbons (Fsp3) is 1.00. The van der Waals surface area contributed by atoms with E-state index in [1.54, 1.807) is 0 Å². The van der Waals surface area contributed by atoms with Crippen molar-refractivity contribution in [3.63, 3.8) is 0 Å².